The van der Waals surface area contributed by atoms with Crippen LogP contribution in [-0.4, -0.2) is 45.8 Å². The van der Waals surface area contributed by atoms with Gasteiger partial charge in [-0.15, -0.1) is 0 Å². The number of piperazine rings is 1. The van der Waals surface area contributed by atoms with E-state index in [2.05, 4.69) is 10.2 Å². The second-order valence-electron chi connectivity index (χ2n) is 6.32. The van der Waals surface area contributed by atoms with Crippen molar-refractivity contribution in [1.82, 2.24) is 10.2 Å². The third kappa shape index (κ3) is 3.84. The molecule has 21 heavy (non-hydrogen) atoms. The molecule has 0 spiro atoms. The van der Waals surface area contributed by atoms with Gasteiger partial charge in [0.2, 0.25) is 0 Å². The van der Waals surface area contributed by atoms with Crippen LogP contribution < -0.4 is 5.32 Å². The Morgan fingerprint density at radius 2 is 1.81 bits per heavy atom. The molecular formula is C16H24N2O2S. The summed E-state index contributed by atoms with van der Waals surface area (Å²) >= 11 is 0. The second-order valence-corrected chi connectivity index (χ2v) is 8.34. The van der Waals surface area contributed by atoms with Gasteiger partial charge in [-0.1, -0.05) is 25.0 Å². The standard InChI is InChI=1S/C16H24N2O2S/c1-21(19,20)15-6-4-14(5-7-15)16(12-13-2-3-13)18-10-8-17-9-11-18/h4-7,13,16-17H,2-3,8-12H2,1H3/t16-/m0/s1. The van der Waals surface area contributed by atoms with E-state index in [-0.39, 0.29) is 0 Å². The zero-order valence-electron chi connectivity index (χ0n) is 12.6. The third-order valence-corrected chi connectivity index (χ3v) is 5.67. The van der Waals surface area contributed by atoms with Crippen LogP contribution in [0.5, 0.6) is 0 Å². The molecule has 1 aliphatic heterocycles. The average molecular weight is 308 g/mol. The smallest absolute Gasteiger partial charge is 0.175 e. The Balaban J connectivity index is 1.81. The first-order valence-electron chi connectivity index (χ1n) is 7.79. The van der Waals surface area contributed by atoms with E-state index >= 15 is 0 Å². The molecule has 3 rings (SSSR count). The maximum absolute atomic E-state index is 11.6. The molecule has 0 bridgehead atoms. The molecule has 1 aliphatic carbocycles. The monoisotopic (exact) mass is 308 g/mol. The minimum Gasteiger partial charge on any atom is -0.314 e. The first-order chi connectivity index (χ1) is 10.0. The lowest BCUT2D eigenvalue weighted by Crippen LogP contribution is -2.45. The Morgan fingerprint density at radius 3 is 2.33 bits per heavy atom. The summed E-state index contributed by atoms with van der Waals surface area (Å²) in [6.45, 7) is 4.24. The van der Waals surface area contributed by atoms with Gasteiger partial charge in [0.05, 0.1) is 4.90 Å². The number of benzene rings is 1. The Kier molecular flexibility index (Phi) is 4.33. The van der Waals surface area contributed by atoms with Crippen LogP contribution in [0.1, 0.15) is 30.9 Å². The number of hydrogen-bond acceptors (Lipinski definition) is 4. The maximum Gasteiger partial charge on any atom is 0.175 e. The van der Waals surface area contributed by atoms with Crippen molar-refractivity contribution < 1.29 is 8.42 Å². The summed E-state index contributed by atoms with van der Waals surface area (Å²) in [7, 11) is -3.10. The molecule has 1 aromatic rings. The van der Waals surface area contributed by atoms with Crippen LogP contribution in [-0.2, 0) is 9.84 Å². The highest BCUT2D eigenvalue weighted by Crippen LogP contribution is 2.40. The zero-order chi connectivity index (χ0) is 14.9. The fraction of sp³-hybridized carbons (Fsp3) is 0.625. The number of rotatable bonds is 5. The van der Waals surface area contributed by atoms with Crippen LogP contribution in [0, 0.1) is 5.92 Å². The van der Waals surface area contributed by atoms with Gasteiger partial charge < -0.3 is 5.32 Å². The Bertz CT molecular complexity index is 573. The molecular weight excluding hydrogens is 284 g/mol. The molecule has 1 heterocycles. The molecule has 0 unspecified atom stereocenters. The topological polar surface area (TPSA) is 49.4 Å². The summed E-state index contributed by atoms with van der Waals surface area (Å²) in [5.41, 5.74) is 1.26. The highest BCUT2D eigenvalue weighted by atomic mass is 32.2. The van der Waals surface area contributed by atoms with E-state index in [1.807, 2.05) is 12.1 Å². The van der Waals surface area contributed by atoms with Crippen molar-refractivity contribution in [1.29, 1.82) is 0 Å². The molecule has 2 aliphatic rings. The summed E-state index contributed by atoms with van der Waals surface area (Å²) in [6, 6.07) is 7.96. The molecule has 116 valence electrons. The molecule has 0 amide bonds. The first kappa shape index (κ1) is 15.0. The molecule has 1 aromatic carbocycles. The molecule has 0 radical (unpaired) electrons. The fourth-order valence-corrected chi connectivity index (χ4v) is 3.73. The summed E-state index contributed by atoms with van der Waals surface area (Å²) in [6.07, 6.45) is 5.17. The van der Waals surface area contributed by atoms with Crippen LogP contribution >= 0.6 is 0 Å². The van der Waals surface area contributed by atoms with Crippen molar-refractivity contribution in [2.24, 2.45) is 5.92 Å². The van der Waals surface area contributed by atoms with Crippen molar-refractivity contribution in [3.63, 3.8) is 0 Å². The largest absolute Gasteiger partial charge is 0.314 e. The molecule has 1 saturated carbocycles. The number of sulfone groups is 1. The van der Waals surface area contributed by atoms with Crippen molar-refractivity contribution in [2.45, 2.75) is 30.2 Å². The van der Waals surface area contributed by atoms with Crippen molar-refractivity contribution in [2.75, 3.05) is 32.4 Å². The third-order valence-electron chi connectivity index (χ3n) is 4.54. The molecule has 4 nitrogen and oxygen atoms in total. The minimum atomic E-state index is -3.10. The molecule has 1 saturated heterocycles. The van der Waals surface area contributed by atoms with Crippen LogP contribution in [0.3, 0.4) is 0 Å². The van der Waals surface area contributed by atoms with E-state index in [4.69, 9.17) is 0 Å². The molecule has 5 heteroatoms. The second kappa shape index (κ2) is 6.07. The minimum absolute atomic E-state index is 0.414. The van der Waals surface area contributed by atoms with E-state index in [0.29, 0.717) is 10.9 Å². The Labute approximate surface area is 127 Å². The van der Waals surface area contributed by atoms with Gasteiger partial charge in [-0.2, -0.15) is 0 Å². The lowest BCUT2D eigenvalue weighted by atomic mass is 9.99. The summed E-state index contributed by atoms with van der Waals surface area (Å²) in [5.74, 6) is 0.861. The van der Waals surface area contributed by atoms with Crippen molar-refractivity contribution in [3.05, 3.63) is 29.8 Å². The van der Waals surface area contributed by atoms with Gasteiger partial charge in [-0.3, -0.25) is 4.90 Å². The number of nitrogens with one attached hydrogen (secondary N) is 1. The van der Waals surface area contributed by atoms with E-state index in [9.17, 15) is 8.42 Å². The lowest BCUT2D eigenvalue weighted by Gasteiger charge is -2.35. The predicted molar refractivity (Wildman–Crippen MR) is 84.1 cm³/mol. The van der Waals surface area contributed by atoms with Gasteiger partial charge in [0, 0.05) is 38.5 Å². The fourth-order valence-electron chi connectivity index (χ4n) is 3.10. The highest BCUT2D eigenvalue weighted by Gasteiger charge is 2.30. The van der Waals surface area contributed by atoms with Crippen LogP contribution in [0.25, 0.3) is 0 Å². The van der Waals surface area contributed by atoms with Gasteiger partial charge in [0.25, 0.3) is 0 Å². The summed E-state index contributed by atoms with van der Waals surface area (Å²) in [5, 5.41) is 3.40. The van der Waals surface area contributed by atoms with Gasteiger partial charge in [-0.25, -0.2) is 8.42 Å². The first-order valence-corrected chi connectivity index (χ1v) is 9.68. The van der Waals surface area contributed by atoms with E-state index < -0.39 is 9.84 Å². The van der Waals surface area contributed by atoms with E-state index in [1.54, 1.807) is 12.1 Å². The molecule has 1 N–H and O–H groups in total. The van der Waals surface area contributed by atoms with Crippen molar-refractivity contribution in [3.8, 4) is 0 Å². The Morgan fingerprint density at radius 1 is 1.19 bits per heavy atom. The zero-order valence-corrected chi connectivity index (χ0v) is 13.4. The van der Waals surface area contributed by atoms with Gasteiger partial charge >= 0.3 is 0 Å². The SMILES string of the molecule is CS(=O)(=O)c1ccc([C@H](CC2CC2)N2CCNCC2)cc1. The molecule has 0 aromatic heterocycles. The van der Waals surface area contributed by atoms with E-state index in [1.165, 1.54) is 31.1 Å². The summed E-state index contributed by atoms with van der Waals surface area (Å²) < 4.78 is 23.2. The molecule has 2 fully saturated rings. The van der Waals surface area contributed by atoms with Gasteiger partial charge in [0.1, 0.15) is 0 Å². The van der Waals surface area contributed by atoms with E-state index in [0.717, 1.165) is 32.1 Å². The summed E-state index contributed by atoms with van der Waals surface area (Å²) in [4.78, 5) is 2.96. The van der Waals surface area contributed by atoms with Crippen molar-refractivity contribution >= 4 is 9.84 Å². The van der Waals surface area contributed by atoms with Gasteiger partial charge in [-0.05, 0) is 30.0 Å². The maximum atomic E-state index is 11.6. The highest BCUT2D eigenvalue weighted by molar-refractivity contribution is 7.90. The van der Waals surface area contributed by atoms with Crippen LogP contribution in [0.4, 0.5) is 0 Å². The Hall–Kier alpha value is -0.910. The lowest BCUT2D eigenvalue weighted by molar-refractivity contribution is 0.160. The number of nitrogens with zero attached hydrogens (tertiary/aromatic N) is 1. The normalized spacial score (nSPS) is 22.1. The number of hydrogen-bond donors (Lipinski definition) is 1. The average Bonchev–Trinajstić information content (AvgIpc) is 3.29. The van der Waals surface area contributed by atoms with Crippen LogP contribution in [0.2, 0.25) is 0 Å². The molecule has 1 atom stereocenters. The van der Waals surface area contributed by atoms with Crippen LogP contribution in [0.15, 0.2) is 29.2 Å². The van der Waals surface area contributed by atoms with Gasteiger partial charge in [0.15, 0.2) is 9.84 Å². The quantitative estimate of drug-likeness (QED) is 0.902. The predicted octanol–water partition coefficient (Wildman–Crippen LogP) is 1.84.